The fraction of sp³-hybridized carbons (Fsp3) is 0.211. The van der Waals surface area contributed by atoms with Crippen LogP contribution in [0.1, 0.15) is 23.9 Å². The van der Waals surface area contributed by atoms with Crippen molar-refractivity contribution in [1.29, 1.82) is 0 Å². The fourth-order valence-corrected chi connectivity index (χ4v) is 3.33. The zero-order valence-corrected chi connectivity index (χ0v) is 17.4. The minimum Gasteiger partial charge on any atom is -0.486 e. The van der Waals surface area contributed by atoms with Crippen molar-refractivity contribution in [3.05, 3.63) is 63.1 Å². The van der Waals surface area contributed by atoms with Gasteiger partial charge < -0.3 is 10.1 Å². The minimum atomic E-state index is -0.450. The van der Waals surface area contributed by atoms with Crippen LogP contribution in [0.25, 0.3) is 0 Å². The van der Waals surface area contributed by atoms with Crippen molar-refractivity contribution in [3.8, 4) is 5.75 Å². The van der Waals surface area contributed by atoms with Crippen LogP contribution in [0.3, 0.4) is 0 Å². The Kier molecular flexibility index (Phi) is 7.08. The van der Waals surface area contributed by atoms with Crippen molar-refractivity contribution < 1.29 is 9.53 Å². The zero-order valence-electron chi connectivity index (χ0n) is 15.0. The Morgan fingerprint density at radius 3 is 2.57 bits per heavy atom. The van der Waals surface area contributed by atoms with Gasteiger partial charge in [-0.05, 0) is 42.3 Å². The third kappa shape index (κ3) is 5.82. The Bertz CT molecular complexity index is 947. The molecule has 0 aliphatic heterocycles. The monoisotopic (exact) mass is 436 g/mol. The number of anilines is 2. The molecule has 3 rings (SSSR count). The molecule has 0 unspecified atom stereocenters. The second-order valence-electron chi connectivity index (χ2n) is 5.89. The second-order valence-corrected chi connectivity index (χ2v) is 7.77. The van der Waals surface area contributed by atoms with E-state index in [4.69, 9.17) is 27.9 Å². The van der Waals surface area contributed by atoms with Crippen molar-refractivity contribution in [2.45, 2.75) is 26.4 Å². The van der Waals surface area contributed by atoms with Gasteiger partial charge >= 0.3 is 6.03 Å². The first-order valence-corrected chi connectivity index (χ1v) is 10.2. The van der Waals surface area contributed by atoms with Crippen molar-refractivity contribution in [1.82, 2.24) is 10.2 Å². The quantitative estimate of drug-likeness (QED) is 0.474. The van der Waals surface area contributed by atoms with Gasteiger partial charge in [-0.25, -0.2) is 4.79 Å². The summed E-state index contributed by atoms with van der Waals surface area (Å²) in [6.45, 7) is 2.43. The van der Waals surface area contributed by atoms with E-state index < -0.39 is 6.03 Å². The maximum Gasteiger partial charge on any atom is 0.325 e. The Labute approximate surface area is 176 Å². The van der Waals surface area contributed by atoms with Crippen LogP contribution >= 0.6 is 34.5 Å². The molecule has 3 aromatic rings. The minimum absolute atomic E-state index is 0.279. The fourth-order valence-electron chi connectivity index (χ4n) is 2.38. The summed E-state index contributed by atoms with van der Waals surface area (Å²) < 4.78 is 5.72. The molecule has 0 spiro atoms. The predicted molar refractivity (Wildman–Crippen MR) is 114 cm³/mol. The highest BCUT2D eigenvalue weighted by Crippen LogP contribution is 2.25. The summed E-state index contributed by atoms with van der Waals surface area (Å²) >= 11 is 13.0. The number of rotatable bonds is 7. The van der Waals surface area contributed by atoms with Gasteiger partial charge in [-0.15, -0.1) is 10.2 Å². The Morgan fingerprint density at radius 1 is 1.07 bits per heavy atom. The summed E-state index contributed by atoms with van der Waals surface area (Å²) in [6, 6.07) is 12.4. The van der Waals surface area contributed by atoms with E-state index in [1.54, 1.807) is 18.2 Å². The summed E-state index contributed by atoms with van der Waals surface area (Å²) in [5.41, 5.74) is 1.80. The second kappa shape index (κ2) is 9.73. The van der Waals surface area contributed by atoms with Gasteiger partial charge in [0, 0.05) is 5.69 Å². The maximum absolute atomic E-state index is 12.1. The SMILES string of the molecule is CCCc1ccc(OCc2nnc(NC(=O)Nc3ccc(Cl)c(Cl)c3)s2)cc1. The van der Waals surface area contributed by atoms with Gasteiger partial charge in [-0.2, -0.15) is 0 Å². The first kappa shape index (κ1) is 20.4. The number of benzene rings is 2. The lowest BCUT2D eigenvalue weighted by Crippen LogP contribution is -2.19. The van der Waals surface area contributed by atoms with Crippen LogP contribution in [-0.4, -0.2) is 16.2 Å². The van der Waals surface area contributed by atoms with E-state index in [1.165, 1.54) is 16.9 Å². The van der Waals surface area contributed by atoms with E-state index in [2.05, 4.69) is 39.9 Å². The Morgan fingerprint density at radius 2 is 1.86 bits per heavy atom. The smallest absolute Gasteiger partial charge is 0.325 e. The summed E-state index contributed by atoms with van der Waals surface area (Å²) in [4.78, 5) is 12.1. The van der Waals surface area contributed by atoms with E-state index in [1.807, 2.05) is 12.1 Å². The molecule has 2 N–H and O–H groups in total. The number of carbonyl (C=O) groups excluding carboxylic acids is 1. The summed E-state index contributed by atoms with van der Waals surface area (Å²) in [7, 11) is 0. The van der Waals surface area contributed by atoms with Crippen LogP contribution in [0.4, 0.5) is 15.6 Å². The van der Waals surface area contributed by atoms with E-state index >= 15 is 0 Å². The molecule has 1 heterocycles. The van der Waals surface area contributed by atoms with Crippen molar-refractivity contribution in [2.75, 3.05) is 10.6 Å². The highest BCUT2D eigenvalue weighted by Gasteiger charge is 2.10. The topological polar surface area (TPSA) is 76.1 Å². The van der Waals surface area contributed by atoms with E-state index in [0.29, 0.717) is 25.9 Å². The average Bonchev–Trinajstić information content (AvgIpc) is 3.11. The van der Waals surface area contributed by atoms with Crippen LogP contribution in [0.2, 0.25) is 10.0 Å². The van der Waals surface area contributed by atoms with Gasteiger partial charge in [0.2, 0.25) is 5.13 Å². The number of aromatic nitrogens is 2. The van der Waals surface area contributed by atoms with E-state index in [-0.39, 0.29) is 6.61 Å². The summed E-state index contributed by atoms with van der Waals surface area (Å²) in [5, 5.41) is 15.1. The molecular formula is C19H18Cl2N4O2S. The normalized spacial score (nSPS) is 10.5. The van der Waals surface area contributed by atoms with Gasteiger partial charge in [-0.1, -0.05) is 60.0 Å². The van der Waals surface area contributed by atoms with Crippen molar-refractivity contribution in [2.24, 2.45) is 0 Å². The highest BCUT2D eigenvalue weighted by atomic mass is 35.5. The Balaban J connectivity index is 1.50. The first-order chi connectivity index (χ1) is 13.5. The molecule has 0 radical (unpaired) electrons. The van der Waals surface area contributed by atoms with Gasteiger partial charge in [0.1, 0.15) is 12.4 Å². The number of nitrogens with zero attached hydrogens (tertiary/aromatic N) is 2. The lowest BCUT2D eigenvalue weighted by molar-refractivity contribution is 0.262. The number of aryl methyl sites for hydroxylation is 1. The van der Waals surface area contributed by atoms with E-state index in [0.717, 1.165) is 18.6 Å². The first-order valence-electron chi connectivity index (χ1n) is 8.60. The molecule has 0 saturated carbocycles. The molecule has 146 valence electrons. The van der Waals surface area contributed by atoms with Crippen molar-refractivity contribution in [3.63, 3.8) is 0 Å². The lowest BCUT2D eigenvalue weighted by atomic mass is 10.1. The highest BCUT2D eigenvalue weighted by molar-refractivity contribution is 7.15. The molecule has 2 amide bonds. The van der Waals surface area contributed by atoms with Gasteiger partial charge in [0.05, 0.1) is 10.0 Å². The largest absolute Gasteiger partial charge is 0.486 e. The number of hydrogen-bond acceptors (Lipinski definition) is 5. The molecule has 0 saturated heterocycles. The van der Waals surface area contributed by atoms with Crippen LogP contribution in [0, 0.1) is 0 Å². The maximum atomic E-state index is 12.1. The number of hydrogen-bond donors (Lipinski definition) is 2. The number of carbonyl (C=O) groups is 1. The molecule has 9 heteroatoms. The number of urea groups is 1. The zero-order chi connectivity index (χ0) is 19.9. The van der Waals surface area contributed by atoms with Crippen LogP contribution in [0.15, 0.2) is 42.5 Å². The standard InChI is InChI=1S/C19H18Cl2N4O2S/c1-2-3-12-4-7-14(8-5-12)27-11-17-24-25-19(28-17)23-18(26)22-13-6-9-15(20)16(21)10-13/h4-10H,2-3,11H2,1H3,(H2,22,23,25,26). The molecule has 0 aliphatic carbocycles. The van der Waals surface area contributed by atoms with Gasteiger partial charge in [0.25, 0.3) is 0 Å². The Hall–Kier alpha value is -2.35. The number of ether oxygens (including phenoxy) is 1. The molecule has 0 bridgehead atoms. The van der Waals surface area contributed by atoms with Crippen LogP contribution < -0.4 is 15.4 Å². The third-order valence-corrected chi connectivity index (χ3v) is 5.24. The molecule has 28 heavy (non-hydrogen) atoms. The summed E-state index contributed by atoms with van der Waals surface area (Å²) in [6.07, 6.45) is 2.16. The molecular weight excluding hydrogens is 419 g/mol. The average molecular weight is 437 g/mol. The molecule has 0 atom stereocenters. The van der Waals surface area contributed by atoms with Crippen LogP contribution in [-0.2, 0) is 13.0 Å². The van der Waals surface area contributed by atoms with Gasteiger partial charge in [-0.3, -0.25) is 5.32 Å². The molecule has 0 fully saturated rings. The lowest BCUT2D eigenvalue weighted by Gasteiger charge is -2.06. The third-order valence-electron chi connectivity index (χ3n) is 3.69. The number of amides is 2. The molecule has 6 nitrogen and oxygen atoms in total. The molecule has 2 aromatic carbocycles. The van der Waals surface area contributed by atoms with Crippen LogP contribution in [0.5, 0.6) is 5.75 Å². The number of halogens is 2. The van der Waals surface area contributed by atoms with E-state index in [9.17, 15) is 4.79 Å². The molecule has 1 aromatic heterocycles. The number of nitrogens with one attached hydrogen (secondary N) is 2. The molecule has 0 aliphatic rings. The van der Waals surface area contributed by atoms with Gasteiger partial charge in [0.15, 0.2) is 5.01 Å². The predicted octanol–water partition coefficient (Wildman–Crippen LogP) is 6.02. The van der Waals surface area contributed by atoms with Crippen molar-refractivity contribution >= 4 is 51.4 Å². The summed E-state index contributed by atoms with van der Waals surface area (Å²) in [5.74, 6) is 0.766.